The number of thiocarbonyl (C=S) groups is 1. The Morgan fingerprint density at radius 2 is 2.19 bits per heavy atom. The molecule has 27 heavy (non-hydrogen) atoms. The molecular weight excluding hydrogens is 375 g/mol. The molecule has 0 bridgehead atoms. The fourth-order valence-corrected chi connectivity index (χ4v) is 3.09. The summed E-state index contributed by atoms with van der Waals surface area (Å²) in [7, 11) is 1.62. The van der Waals surface area contributed by atoms with E-state index in [0.717, 1.165) is 0 Å². The lowest BCUT2D eigenvalue weighted by Crippen LogP contribution is -2.53. The third-order valence-corrected chi connectivity index (χ3v) is 4.60. The first-order valence-electron chi connectivity index (χ1n) is 8.64. The molecule has 2 aliphatic rings. The van der Waals surface area contributed by atoms with Crippen LogP contribution >= 0.6 is 12.2 Å². The summed E-state index contributed by atoms with van der Waals surface area (Å²) in [6, 6.07) is 4.73. The Hall–Kier alpha value is -2.17. The van der Waals surface area contributed by atoms with Crippen LogP contribution in [0.1, 0.15) is 0 Å². The number of carbonyl (C=O) groups is 1. The molecule has 2 aliphatic heterocycles. The van der Waals surface area contributed by atoms with Gasteiger partial charge in [0.15, 0.2) is 5.11 Å². The zero-order valence-electron chi connectivity index (χ0n) is 15.0. The van der Waals surface area contributed by atoms with Gasteiger partial charge in [-0.05, 0) is 30.4 Å². The molecule has 0 spiro atoms. The average Bonchev–Trinajstić information content (AvgIpc) is 2.96. The smallest absolute Gasteiger partial charge is 0.414 e. The van der Waals surface area contributed by atoms with Crippen LogP contribution in [0, 0.1) is 5.82 Å². The second-order valence-corrected chi connectivity index (χ2v) is 6.83. The van der Waals surface area contributed by atoms with Crippen LogP contribution in [-0.2, 0) is 14.2 Å². The van der Waals surface area contributed by atoms with Crippen LogP contribution in [0.2, 0.25) is 0 Å². The molecule has 0 saturated carbocycles. The molecule has 1 aromatic carbocycles. The van der Waals surface area contributed by atoms with Gasteiger partial charge < -0.3 is 30.2 Å². The number of nitrogens with one attached hydrogen (secondary N) is 1. The van der Waals surface area contributed by atoms with Gasteiger partial charge in [-0.15, -0.1) is 0 Å². The van der Waals surface area contributed by atoms with Crippen molar-refractivity contribution in [2.24, 2.45) is 5.73 Å². The highest BCUT2D eigenvalue weighted by molar-refractivity contribution is 7.80. The van der Waals surface area contributed by atoms with E-state index in [2.05, 4.69) is 5.32 Å². The number of nitrogens with zero attached hydrogens (tertiary/aromatic N) is 2. The van der Waals surface area contributed by atoms with Gasteiger partial charge in [0.2, 0.25) is 0 Å². The van der Waals surface area contributed by atoms with Crippen LogP contribution in [0.25, 0.3) is 0 Å². The molecular formula is C17H23FN4O4S. The molecule has 3 rings (SSSR count). The van der Waals surface area contributed by atoms with Gasteiger partial charge in [0, 0.05) is 20.2 Å². The average molecular weight is 398 g/mol. The number of hydrogen-bond acceptors (Lipinski definition) is 6. The number of carbonyl (C=O) groups excluding carboxylic acids is 1. The minimum atomic E-state index is -0.521. The minimum Gasteiger partial charge on any atom is -0.442 e. The van der Waals surface area contributed by atoms with Gasteiger partial charge in [0.1, 0.15) is 11.9 Å². The Labute approximate surface area is 162 Å². The summed E-state index contributed by atoms with van der Waals surface area (Å²) in [5, 5.41) is 2.90. The summed E-state index contributed by atoms with van der Waals surface area (Å²) in [6.45, 7) is 2.93. The highest BCUT2D eigenvalue weighted by Gasteiger charge is 2.34. The first-order chi connectivity index (χ1) is 13.0. The van der Waals surface area contributed by atoms with Gasteiger partial charge in [-0.1, -0.05) is 0 Å². The first kappa shape index (κ1) is 19.6. The van der Waals surface area contributed by atoms with E-state index in [1.807, 2.05) is 4.90 Å². The summed E-state index contributed by atoms with van der Waals surface area (Å²) in [5.41, 5.74) is 6.32. The molecule has 148 valence electrons. The number of rotatable bonds is 8. The molecule has 2 heterocycles. The number of amides is 1. The second kappa shape index (κ2) is 8.68. The first-order valence-corrected chi connectivity index (χ1v) is 9.05. The summed E-state index contributed by atoms with van der Waals surface area (Å²) in [6.07, 6.45) is -0.843. The molecule has 1 aromatic rings. The van der Waals surface area contributed by atoms with E-state index in [-0.39, 0.29) is 17.0 Å². The fraction of sp³-hybridized carbons (Fsp3) is 0.529. The van der Waals surface area contributed by atoms with E-state index in [1.165, 1.54) is 11.0 Å². The molecule has 3 N–H and O–H groups in total. The van der Waals surface area contributed by atoms with Gasteiger partial charge in [-0.3, -0.25) is 4.90 Å². The molecule has 1 amide bonds. The molecule has 0 aliphatic carbocycles. The maximum atomic E-state index is 14.6. The molecule has 0 radical (unpaired) electrons. The van der Waals surface area contributed by atoms with Gasteiger partial charge in [0.25, 0.3) is 0 Å². The predicted octanol–water partition coefficient (Wildman–Crippen LogP) is 0.836. The Kier molecular flexibility index (Phi) is 6.30. The zero-order chi connectivity index (χ0) is 19.4. The topological polar surface area (TPSA) is 89.3 Å². The molecule has 8 nitrogen and oxygen atoms in total. The summed E-state index contributed by atoms with van der Waals surface area (Å²) in [4.78, 5) is 15.3. The van der Waals surface area contributed by atoms with Crippen molar-refractivity contribution in [3.63, 3.8) is 0 Å². The fourth-order valence-electron chi connectivity index (χ4n) is 3.01. The lowest BCUT2D eigenvalue weighted by molar-refractivity contribution is 0.00381. The predicted molar refractivity (Wildman–Crippen MR) is 103 cm³/mol. The number of benzene rings is 1. The third-order valence-electron chi connectivity index (χ3n) is 4.45. The monoisotopic (exact) mass is 398 g/mol. The van der Waals surface area contributed by atoms with Crippen LogP contribution in [0.3, 0.4) is 0 Å². The lowest BCUT2D eigenvalue weighted by atomic mass is 10.1. The summed E-state index contributed by atoms with van der Waals surface area (Å²) >= 11 is 4.74. The third kappa shape index (κ3) is 4.76. The van der Waals surface area contributed by atoms with Crippen LogP contribution in [-0.4, -0.2) is 69.9 Å². The van der Waals surface area contributed by atoms with Gasteiger partial charge >= 0.3 is 6.09 Å². The van der Waals surface area contributed by atoms with Crippen molar-refractivity contribution in [3.05, 3.63) is 24.0 Å². The van der Waals surface area contributed by atoms with Crippen molar-refractivity contribution in [2.45, 2.75) is 12.2 Å². The number of hydrogen-bond donors (Lipinski definition) is 2. The lowest BCUT2D eigenvalue weighted by Gasteiger charge is -2.40. The Morgan fingerprint density at radius 1 is 1.41 bits per heavy atom. The van der Waals surface area contributed by atoms with Crippen molar-refractivity contribution in [2.75, 3.05) is 56.3 Å². The van der Waals surface area contributed by atoms with E-state index in [1.54, 1.807) is 19.2 Å². The van der Waals surface area contributed by atoms with Gasteiger partial charge in [-0.2, -0.15) is 0 Å². The molecule has 2 saturated heterocycles. The van der Waals surface area contributed by atoms with Crippen LogP contribution in [0.5, 0.6) is 0 Å². The van der Waals surface area contributed by atoms with Gasteiger partial charge in [-0.25, -0.2) is 9.18 Å². The molecule has 2 fully saturated rings. The van der Waals surface area contributed by atoms with Crippen LogP contribution in [0.4, 0.5) is 20.6 Å². The maximum Gasteiger partial charge on any atom is 0.414 e. The SMILES string of the molecule is COCCOC1CN(c2ccc(N3C[C@H](CNC(N)=S)OC3=O)cc2F)C1. The van der Waals surface area contributed by atoms with Crippen molar-refractivity contribution < 1.29 is 23.4 Å². The zero-order valence-corrected chi connectivity index (χ0v) is 15.8. The van der Waals surface area contributed by atoms with Crippen LogP contribution in [0.15, 0.2) is 18.2 Å². The van der Waals surface area contributed by atoms with Crippen molar-refractivity contribution in [1.29, 1.82) is 0 Å². The maximum absolute atomic E-state index is 14.6. The number of halogens is 1. The number of methoxy groups -OCH3 is 1. The van der Waals surface area contributed by atoms with E-state index >= 15 is 0 Å². The normalized spacial score (nSPS) is 19.8. The van der Waals surface area contributed by atoms with E-state index in [0.29, 0.717) is 50.8 Å². The Bertz CT molecular complexity index is 702. The largest absolute Gasteiger partial charge is 0.442 e. The molecule has 0 unspecified atom stereocenters. The second-order valence-electron chi connectivity index (χ2n) is 6.39. The number of anilines is 2. The summed E-state index contributed by atoms with van der Waals surface area (Å²) in [5.74, 6) is -0.389. The summed E-state index contributed by atoms with van der Waals surface area (Å²) < 4.78 is 30.3. The van der Waals surface area contributed by atoms with E-state index in [4.69, 9.17) is 32.2 Å². The van der Waals surface area contributed by atoms with Crippen molar-refractivity contribution in [3.8, 4) is 0 Å². The van der Waals surface area contributed by atoms with Crippen LogP contribution < -0.4 is 20.9 Å². The van der Waals surface area contributed by atoms with Gasteiger partial charge in [0.05, 0.1) is 43.8 Å². The molecule has 10 heteroatoms. The Balaban J connectivity index is 1.56. The number of ether oxygens (including phenoxy) is 3. The highest BCUT2D eigenvalue weighted by atomic mass is 32.1. The number of nitrogens with two attached hydrogens (primary N) is 1. The quantitative estimate of drug-likeness (QED) is 0.492. The van der Waals surface area contributed by atoms with Crippen molar-refractivity contribution in [1.82, 2.24) is 5.32 Å². The standard InChI is InChI=1S/C17H23FN4O4S/c1-24-4-5-25-13-8-21(9-13)15-3-2-11(6-14(15)18)22-10-12(26-17(22)23)7-20-16(19)27/h2-3,6,12-13H,4-5,7-10H2,1H3,(H3,19,20,27)/t12-/m0/s1. The van der Waals surface area contributed by atoms with E-state index < -0.39 is 12.2 Å². The molecule has 0 aromatic heterocycles. The number of cyclic esters (lactones) is 1. The Morgan fingerprint density at radius 3 is 2.85 bits per heavy atom. The highest BCUT2D eigenvalue weighted by Crippen LogP contribution is 2.30. The van der Waals surface area contributed by atoms with Crippen molar-refractivity contribution >= 4 is 34.8 Å². The molecule has 1 atom stereocenters. The minimum absolute atomic E-state index is 0.0784. The van der Waals surface area contributed by atoms with E-state index in [9.17, 15) is 9.18 Å².